The minimum atomic E-state index is -0.686. The maximum Gasteiger partial charge on any atom is 0.268 e. The van der Waals surface area contributed by atoms with Gasteiger partial charge >= 0.3 is 0 Å². The Hall–Kier alpha value is -3.13. The summed E-state index contributed by atoms with van der Waals surface area (Å²) in [5.74, 6) is 1.23. The lowest BCUT2D eigenvalue weighted by Gasteiger charge is -2.36. The van der Waals surface area contributed by atoms with Crippen LogP contribution in [-0.2, 0) is 0 Å². The smallest absolute Gasteiger partial charge is 0.268 e. The maximum absolute atomic E-state index is 12.6. The van der Waals surface area contributed by atoms with E-state index in [0.29, 0.717) is 25.2 Å². The number of nitrogens with one attached hydrogen (secondary N) is 2. The molecule has 3 aromatic rings. The first-order valence-corrected chi connectivity index (χ1v) is 8.80. The van der Waals surface area contributed by atoms with Crippen molar-refractivity contribution in [3.63, 3.8) is 0 Å². The molecule has 27 heavy (non-hydrogen) atoms. The van der Waals surface area contributed by atoms with Crippen LogP contribution in [0.2, 0.25) is 0 Å². The number of fused-ring (bicyclic) bond motifs is 1. The summed E-state index contributed by atoms with van der Waals surface area (Å²) in [6.07, 6.45) is 4.85. The van der Waals surface area contributed by atoms with Crippen molar-refractivity contribution in [2.75, 3.05) is 25.1 Å². The molecule has 1 aliphatic rings. The fourth-order valence-electron chi connectivity index (χ4n) is 3.37. The molecule has 0 radical (unpaired) electrons. The van der Waals surface area contributed by atoms with Gasteiger partial charge in [0.2, 0.25) is 0 Å². The van der Waals surface area contributed by atoms with Gasteiger partial charge in [0.05, 0.1) is 25.5 Å². The second-order valence-electron chi connectivity index (χ2n) is 6.58. The number of carbonyl (C=O) groups is 1. The third-order valence-corrected chi connectivity index (χ3v) is 4.84. The van der Waals surface area contributed by atoms with Gasteiger partial charge in [0.1, 0.15) is 17.3 Å². The number of piperidine rings is 1. The van der Waals surface area contributed by atoms with Crippen LogP contribution < -0.4 is 15.0 Å². The molecule has 8 nitrogen and oxygen atoms in total. The zero-order valence-electron chi connectivity index (χ0n) is 14.9. The van der Waals surface area contributed by atoms with Gasteiger partial charge in [0.15, 0.2) is 0 Å². The maximum atomic E-state index is 12.6. The lowest BCUT2D eigenvalue weighted by molar-refractivity contribution is 0.0794. The predicted octanol–water partition coefficient (Wildman–Crippen LogP) is 1.34. The van der Waals surface area contributed by atoms with Crippen LogP contribution in [-0.4, -0.2) is 58.3 Å². The Morgan fingerprint density at radius 1 is 1.37 bits per heavy atom. The first-order valence-electron chi connectivity index (χ1n) is 8.80. The number of aliphatic hydroxyl groups excluding tert-OH is 1. The quantitative estimate of drug-likeness (QED) is 0.643. The van der Waals surface area contributed by atoms with E-state index in [1.165, 1.54) is 0 Å². The molecule has 3 N–H and O–H groups in total. The van der Waals surface area contributed by atoms with Crippen LogP contribution >= 0.6 is 0 Å². The Balaban J connectivity index is 1.42. The Labute approximate surface area is 156 Å². The minimum Gasteiger partial charge on any atom is -0.497 e. The van der Waals surface area contributed by atoms with Gasteiger partial charge in [-0.05, 0) is 30.7 Å². The van der Waals surface area contributed by atoms with Gasteiger partial charge in [-0.15, -0.1) is 0 Å². The molecule has 1 saturated heterocycles. The fraction of sp³-hybridized carbons (Fsp3) is 0.316. The number of β-amino-alcohol motifs (C(OH)–C–C–N with tert-alkyl or cyclic N) is 1. The van der Waals surface area contributed by atoms with Gasteiger partial charge in [0.25, 0.3) is 5.91 Å². The van der Waals surface area contributed by atoms with Crippen molar-refractivity contribution in [1.82, 2.24) is 20.3 Å². The summed E-state index contributed by atoms with van der Waals surface area (Å²) >= 11 is 0. The Bertz CT molecular complexity index is 943. The number of methoxy groups -OCH3 is 1. The molecule has 3 heterocycles. The SMILES string of the molecule is COc1ccc2[nH]c(C(=O)NC3CCN(c4cnccn4)CC3O)cc2c1. The number of hydrogen-bond donors (Lipinski definition) is 3. The highest BCUT2D eigenvalue weighted by molar-refractivity contribution is 5.98. The van der Waals surface area contributed by atoms with Gasteiger partial charge in [0, 0.05) is 36.4 Å². The highest BCUT2D eigenvalue weighted by atomic mass is 16.5. The van der Waals surface area contributed by atoms with Crippen LogP contribution in [0.15, 0.2) is 42.9 Å². The third kappa shape index (κ3) is 3.56. The molecule has 4 rings (SSSR count). The number of aliphatic hydroxyl groups is 1. The predicted molar refractivity (Wildman–Crippen MR) is 101 cm³/mol. The number of hydrogen-bond acceptors (Lipinski definition) is 6. The zero-order valence-corrected chi connectivity index (χ0v) is 14.9. The monoisotopic (exact) mass is 367 g/mol. The summed E-state index contributed by atoms with van der Waals surface area (Å²) in [6, 6.07) is 7.06. The average molecular weight is 367 g/mol. The summed E-state index contributed by atoms with van der Waals surface area (Å²) in [4.78, 5) is 26.0. The van der Waals surface area contributed by atoms with Crippen molar-refractivity contribution < 1.29 is 14.6 Å². The second-order valence-corrected chi connectivity index (χ2v) is 6.58. The number of ether oxygens (including phenoxy) is 1. The summed E-state index contributed by atoms with van der Waals surface area (Å²) < 4.78 is 5.21. The topological polar surface area (TPSA) is 103 Å². The highest BCUT2D eigenvalue weighted by Gasteiger charge is 2.30. The molecule has 1 aliphatic heterocycles. The van der Waals surface area contributed by atoms with E-state index < -0.39 is 6.10 Å². The molecular formula is C19H21N5O3. The number of amides is 1. The van der Waals surface area contributed by atoms with Gasteiger partial charge in [-0.1, -0.05) is 0 Å². The van der Waals surface area contributed by atoms with E-state index >= 15 is 0 Å². The van der Waals surface area contributed by atoms with Crippen LogP contribution in [0.3, 0.4) is 0 Å². The van der Waals surface area contributed by atoms with Gasteiger partial charge < -0.3 is 25.0 Å². The molecule has 1 aromatic carbocycles. The average Bonchev–Trinajstić information content (AvgIpc) is 3.13. The number of aromatic nitrogens is 3. The standard InChI is InChI=1S/C19H21N5O3/c1-27-13-2-3-14-12(8-13)9-16(22-14)19(26)23-15-4-7-24(11-17(15)25)18-10-20-5-6-21-18/h2-3,5-6,8-10,15,17,22,25H,4,7,11H2,1H3,(H,23,26). The van der Waals surface area contributed by atoms with Crippen LogP contribution in [0, 0.1) is 0 Å². The molecule has 0 spiro atoms. The second kappa shape index (κ2) is 7.24. The number of carbonyl (C=O) groups excluding carboxylic acids is 1. The molecule has 0 saturated carbocycles. The molecule has 2 unspecified atom stereocenters. The third-order valence-electron chi connectivity index (χ3n) is 4.84. The summed E-state index contributed by atoms with van der Waals surface area (Å²) in [5.41, 5.74) is 1.32. The normalized spacial score (nSPS) is 19.9. The van der Waals surface area contributed by atoms with Gasteiger partial charge in [-0.3, -0.25) is 9.78 Å². The first-order chi connectivity index (χ1) is 13.1. The minimum absolute atomic E-state index is 0.234. The van der Waals surface area contributed by atoms with Crippen LogP contribution in [0.1, 0.15) is 16.9 Å². The fourth-order valence-corrected chi connectivity index (χ4v) is 3.37. The van der Waals surface area contributed by atoms with Crippen molar-refractivity contribution in [3.8, 4) is 5.75 Å². The molecule has 1 amide bonds. The van der Waals surface area contributed by atoms with Crippen molar-refractivity contribution >= 4 is 22.6 Å². The largest absolute Gasteiger partial charge is 0.497 e. The number of benzene rings is 1. The molecule has 2 atom stereocenters. The Morgan fingerprint density at radius 2 is 2.26 bits per heavy atom. The number of rotatable bonds is 4. The zero-order chi connectivity index (χ0) is 18.8. The number of H-pyrrole nitrogens is 1. The van der Waals surface area contributed by atoms with Crippen molar-refractivity contribution in [2.24, 2.45) is 0 Å². The van der Waals surface area contributed by atoms with E-state index in [2.05, 4.69) is 20.3 Å². The van der Waals surface area contributed by atoms with E-state index in [4.69, 9.17) is 4.74 Å². The first kappa shape index (κ1) is 17.3. The van der Waals surface area contributed by atoms with Gasteiger partial charge in [-0.25, -0.2) is 4.98 Å². The van der Waals surface area contributed by atoms with E-state index in [-0.39, 0.29) is 11.9 Å². The van der Waals surface area contributed by atoms with E-state index in [0.717, 1.165) is 22.5 Å². The molecule has 2 aromatic heterocycles. The summed E-state index contributed by atoms with van der Waals surface area (Å²) in [6.45, 7) is 1.08. The van der Waals surface area contributed by atoms with E-state index in [9.17, 15) is 9.90 Å². The number of aromatic amines is 1. The molecule has 1 fully saturated rings. The lowest BCUT2D eigenvalue weighted by Crippen LogP contribution is -2.54. The van der Waals surface area contributed by atoms with Gasteiger partial charge in [-0.2, -0.15) is 0 Å². The summed E-state index contributed by atoms with van der Waals surface area (Å²) in [7, 11) is 1.61. The molecule has 8 heteroatoms. The van der Waals surface area contributed by atoms with E-state index in [1.807, 2.05) is 23.1 Å². The van der Waals surface area contributed by atoms with E-state index in [1.54, 1.807) is 31.8 Å². The Morgan fingerprint density at radius 3 is 3.00 bits per heavy atom. The van der Waals surface area contributed by atoms with Crippen LogP contribution in [0.4, 0.5) is 5.82 Å². The molecule has 0 bridgehead atoms. The highest BCUT2D eigenvalue weighted by Crippen LogP contribution is 2.22. The van der Waals surface area contributed by atoms with Crippen molar-refractivity contribution in [2.45, 2.75) is 18.6 Å². The lowest BCUT2D eigenvalue weighted by atomic mass is 10.0. The summed E-state index contributed by atoms with van der Waals surface area (Å²) in [5, 5.41) is 14.3. The molecule has 140 valence electrons. The van der Waals surface area contributed by atoms with Crippen molar-refractivity contribution in [3.05, 3.63) is 48.5 Å². The number of nitrogens with zero attached hydrogens (tertiary/aromatic N) is 3. The van der Waals surface area contributed by atoms with Crippen LogP contribution in [0.25, 0.3) is 10.9 Å². The van der Waals surface area contributed by atoms with Crippen molar-refractivity contribution in [1.29, 1.82) is 0 Å². The molecular weight excluding hydrogens is 346 g/mol. The Kier molecular flexibility index (Phi) is 4.64. The van der Waals surface area contributed by atoms with Crippen LogP contribution in [0.5, 0.6) is 5.75 Å². The number of anilines is 1. The molecule has 0 aliphatic carbocycles.